The first-order valence-corrected chi connectivity index (χ1v) is 11.0. The molecule has 1 aromatic carbocycles. The van der Waals surface area contributed by atoms with Crippen molar-refractivity contribution in [3.05, 3.63) is 28.8 Å². The molecule has 7 nitrogen and oxygen atoms in total. The van der Waals surface area contributed by atoms with Crippen LogP contribution in [0.25, 0.3) is 0 Å². The number of phosphoric acid groups is 1. The van der Waals surface area contributed by atoms with Gasteiger partial charge in [-0.1, -0.05) is 11.6 Å². The standard InChI is InChI=1S/C18H22ClO7P.Na/c1-23-18(14-7-15(19)9-16(8-14)24-27(20,21)22)17(25-26-18)12-3-10-2-11(5-12)6-13(17)4-10;/h7-13H,2-6H2,1H3,(H2,20,21,22);/q;+1/p-2. The monoisotopic (exact) mass is 437 g/mol. The van der Waals surface area contributed by atoms with Crippen LogP contribution in [-0.2, 0) is 24.9 Å². The molecule has 1 unspecified atom stereocenters. The van der Waals surface area contributed by atoms with E-state index >= 15 is 0 Å². The molecule has 148 valence electrons. The summed E-state index contributed by atoms with van der Waals surface area (Å²) in [6, 6.07) is 4.36. The fourth-order valence-electron chi connectivity index (χ4n) is 6.29. The Hall–Kier alpha value is 0.340. The van der Waals surface area contributed by atoms with Crippen LogP contribution in [0, 0.1) is 23.7 Å². The van der Waals surface area contributed by atoms with Gasteiger partial charge in [0.25, 0.3) is 5.79 Å². The fraction of sp³-hybridized carbons (Fsp3) is 0.667. The summed E-state index contributed by atoms with van der Waals surface area (Å²) < 4.78 is 21.5. The van der Waals surface area contributed by atoms with Crippen LogP contribution in [0.1, 0.15) is 37.7 Å². The number of methoxy groups -OCH3 is 1. The van der Waals surface area contributed by atoms with Crippen LogP contribution < -0.4 is 43.9 Å². The quantitative estimate of drug-likeness (QED) is 0.356. The van der Waals surface area contributed by atoms with E-state index in [4.69, 9.17) is 26.1 Å². The number of halogens is 1. The molecule has 0 radical (unpaired) electrons. The zero-order valence-electron chi connectivity index (χ0n) is 15.8. The summed E-state index contributed by atoms with van der Waals surface area (Å²) in [7, 11) is -3.67. The average Bonchev–Trinajstić information content (AvgIpc) is 2.52. The Labute approximate surface area is 190 Å². The molecule has 4 saturated carbocycles. The predicted molar refractivity (Wildman–Crippen MR) is 90.3 cm³/mol. The van der Waals surface area contributed by atoms with Crippen molar-refractivity contribution >= 4 is 19.4 Å². The summed E-state index contributed by atoms with van der Waals surface area (Å²) in [5, 5.41) is 0.224. The van der Waals surface area contributed by atoms with Crippen molar-refractivity contribution in [2.75, 3.05) is 7.11 Å². The summed E-state index contributed by atoms with van der Waals surface area (Å²) in [5.74, 6) is 0.696. The molecule has 6 rings (SSSR count). The molecule has 1 aliphatic heterocycles. The third-order valence-corrected chi connectivity index (χ3v) is 7.57. The first kappa shape index (κ1) is 21.6. The van der Waals surface area contributed by atoms with Crippen LogP contribution in [0.3, 0.4) is 0 Å². The summed E-state index contributed by atoms with van der Waals surface area (Å²) in [5.41, 5.74) is -0.130. The number of benzene rings is 1. The van der Waals surface area contributed by atoms with Crippen LogP contribution >= 0.6 is 19.4 Å². The van der Waals surface area contributed by atoms with Gasteiger partial charge in [-0.15, -0.1) is 0 Å². The Morgan fingerprint density at radius 3 is 2.14 bits per heavy atom. The molecule has 1 heterocycles. The van der Waals surface area contributed by atoms with E-state index in [2.05, 4.69) is 4.52 Å². The maximum atomic E-state index is 11.0. The number of rotatable bonds is 4. The van der Waals surface area contributed by atoms with Crippen LogP contribution in [0.2, 0.25) is 5.02 Å². The van der Waals surface area contributed by atoms with Gasteiger partial charge in [0.1, 0.15) is 13.6 Å². The Bertz CT molecular complexity index is 798. The zero-order chi connectivity index (χ0) is 19.0. The van der Waals surface area contributed by atoms with Crippen molar-refractivity contribution in [3.8, 4) is 5.75 Å². The smallest absolute Gasteiger partial charge is 0.780 e. The first-order chi connectivity index (χ1) is 12.8. The molecule has 5 aliphatic rings. The van der Waals surface area contributed by atoms with Gasteiger partial charge in [0.15, 0.2) is 5.60 Å². The molecule has 4 aliphatic carbocycles. The molecule has 1 spiro atoms. The SMILES string of the molecule is COC1(c2cc(Cl)cc(OP(=O)([O-])[O-])c2)OOC12C1CC3CC(C1)CC2C3.[Na+]. The summed E-state index contributed by atoms with van der Waals surface area (Å²) in [6.07, 6.45) is 5.58. The van der Waals surface area contributed by atoms with E-state index in [9.17, 15) is 14.4 Å². The van der Waals surface area contributed by atoms with E-state index in [0.717, 1.165) is 37.5 Å². The van der Waals surface area contributed by atoms with Gasteiger partial charge >= 0.3 is 29.6 Å². The van der Waals surface area contributed by atoms with Crippen molar-refractivity contribution in [3.63, 3.8) is 0 Å². The Kier molecular flexibility index (Phi) is 5.54. The second kappa shape index (κ2) is 7.20. The van der Waals surface area contributed by atoms with E-state index in [1.54, 1.807) is 13.2 Å². The maximum absolute atomic E-state index is 11.0. The van der Waals surface area contributed by atoms with Gasteiger partial charge < -0.3 is 23.6 Å². The third kappa shape index (κ3) is 3.06. The predicted octanol–water partition coefficient (Wildman–Crippen LogP) is -0.493. The molecule has 10 heteroatoms. The minimum absolute atomic E-state index is 0. The summed E-state index contributed by atoms with van der Waals surface area (Å²) >= 11 is 6.18. The molecule has 1 saturated heterocycles. The van der Waals surface area contributed by atoms with Crippen LogP contribution in [0.5, 0.6) is 5.75 Å². The zero-order valence-corrected chi connectivity index (χ0v) is 19.4. The largest absolute Gasteiger partial charge is 1.00 e. The molecule has 1 aromatic rings. The molecule has 0 amide bonds. The summed E-state index contributed by atoms with van der Waals surface area (Å²) in [4.78, 5) is 33.5. The number of hydrogen-bond acceptors (Lipinski definition) is 7. The van der Waals surface area contributed by atoms with Crippen LogP contribution in [0.15, 0.2) is 18.2 Å². The van der Waals surface area contributed by atoms with Crippen molar-refractivity contribution < 1.29 is 62.9 Å². The van der Waals surface area contributed by atoms with Crippen molar-refractivity contribution in [1.29, 1.82) is 0 Å². The van der Waals surface area contributed by atoms with Gasteiger partial charge in [-0.05, 0) is 74.0 Å². The van der Waals surface area contributed by atoms with Gasteiger partial charge in [0, 0.05) is 17.7 Å². The van der Waals surface area contributed by atoms with E-state index in [0.29, 0.717) is 17.4 Å². The second-order valence-corrected chi connectivity index (χ2v) is 9.81. The molecule has 28 heavy (non-hydrogen) atoms. The minimum Gasteiger partial charge on any atom is -0.780 e. The molecule has 1 atom stereocenters. The van der Waals surface area contributed by atoms with Crippen molar-refractivity contribution in [2.45, 2.75) is 43.5 Å². The Balaban J connectivity index is 0.00000192. The molecule has 0 N–H and O–H groups in total. The minimum atomic E-state index is -5.21. The molecule has 4 bridgehead atoms. The molecular weight excluding hydrogens is 418 g/mol. The number of hydrogen-bond donors (Lipinski definition) is 0. The molecule has 0 aromatic heterocycles. The number of ether oxygens (including phenoxy) is 1. The van der Waals surface area contributed by atoms with Crippen LogP contribution in [0.4, 0.5) is 0 Å². The van der Waals surface area contributed by atoms with Gasteiger partial charge in [-0.2, -0.15) is 4.89 Å². The third-order valence-electron chi connectivity index (χ3n) is 6.92. The number of phosphoric ester groups is 1. The normalized spacial score (nSPS) is 40.9. The topological polar surface area (TPSA) is 100 Å². The van der Waals surface area contributed by atoms with E-state index < -0.39 is 19.2 Å². The van der Waals surface area contributed by atoms with Crippen molar-refractivity contribution in [2.24, 2.45) is 23.7 Å². The van der Waals surface area contributed by atoms with E-state index in [1.165, 1.54) is 18.6 Å². The van der Waals surface area contributed by atoms with E-state index in [-0.39, 0.29) is 40.3 Å². The Morgan fingerprint density at radius 2 is 1.68 bits per heavy atom. The molecular formula is C18H20ClNaO7P-. The van der Waals surface area contributed by atoms with Gasteiger partial charge in [-0.25, -0.2) is 4.89 Å². The first-order valence-electron chi connectivity index (χ1n) is 9.20. The Morgan fingerprint density at radius 1 is 1.07 bits per heavy atom. The van der Waals surface area contributed by atoms with Gasteiger partial charge in [-0.3, -0.25) is 0 Å². The fourth-order valence-corrected chi connectivity index (χ4v) is 6.88. The summed E-state index contributed by atoms with van der Waals surface area (Å²) in [6.45, 7) is 0. The second-order valence-electron chi connectivity index (χ2n) is 8.30. The van der Waals surface area contributed by atoms with Gasteiger partial charge in [0.2, 0.25) is 0 Å². The average molecular weight is 438 g/mol. The maximum Gasteiger partial charge on any atom is 1.00 e. The van der Waals surface area contributed by atoms with Crippen molar-refractivity contribution in [1.82, 2.24) is 0 Å². The van der Waals surface area contributed by atoms with Crippen LogP contribution in [-0.4, -0.2) is 12.7 Å². The van der Waals surface area contributed by atoms with E-state index in [1.807, 2.05) is 0 Å². The molecule has 5 fully saturated rings. The van der Waals surface area contributed by atoms with Gasteiger partial charge in [0.05, 0.1) is 0 Å².